The first-order valence-electron chi connectivity index (χ1n) is 4.80. The number of halogens is 3. The van der Waals surface area contributed by atoms with Crippen molar-refractivity contribution in [2.24, 2.45) is 0 Å². The van der Waals surface area contributed by atoms with Crippen molar-refractivity contribution < 1.29 is 4.79 Å². The molecule has 0 spiro atoms. The van der Waals surface area contributed by atoms with Crippen molar-refractivity contribution in [2.45, 2.75) is 0 Å². The summed E-state index contributed by atoms with van der Waals surface area (Å²) in [5, 5.41) is 3.18. The summed E-state index contributed by atoms with van der Waals surface area (Å²) in [4.78, 5) is 19.6. The van der Waals surface area contributed by atoms with Gasteiger partial charge < -0.3 is 5.32 Å². The highest BCUT2D eigenvalue weighted by atomic mass is 79.9. The van der Waals surface area contributed by atoms with Gasteiger partial charge in [0, 0.05) is 16.9 Å². The summed E-state index contributed by atoms with van der Waals surface area (Å²) in [5.74, 6) is -0.332. The van der Waals surface area contributed by atoms with E-state index in [2.05, 4.69) is 31.2 Å². The van der Waals surface area contributed by atoms with Gasteiger partial charge in [-0.05, 0) is 34.1 Å². The first-order chi connectivity index (χ1) is 8.56. The normalized spacial score (nSPS) is 10.2. The van der Waals surface area contributed by atoms with Crippen molar-refractivity contribution in [1.29, 1.82) is 0 Å². The molecule has 0 aliphatic heterocycles. The SMILES string of the molecule is O=C(Nc1cc(Br)cnc1Cl)c1ccc(Cl)nc1. The summed E-state index contributed by atoms with van der Waals surface area (Å²) < 4.78 is 0.719. The number of amides is 1. The number of nitrogens with one attached hydrogen (secondary N) is 1. The Hall–Kier alpha value is -1.17. The predicted octanol–water partition coefficient (Wildman–Crippen LogP) is 3.80. The maximum atomic E-state index is 11.9. The number of nitrogens with zero attached hydrogens (tertiary/aromatic N) is 2. The number of carbonyl (C=O) groups excluding carboxylic acids is 1. The lowest BCUT2D eigenvalue weighted by Gasteiger charge is -2.06. The van der Waals surface area contributed by atoms with Crippen LogP contribution in [-0.4, -0.2) is 15.9 Å². The molecule has 7 heteroatoms. The number of rotatable bonds is 2. The predicted molar refractivity (Wildman–Crippen MR) is 74.1 cm³/mol. The molecule has 2 aromatic rings. The van der Waals surface area contributed by atoms with E-state index in [0.717, 1.165) is 4.47 Å². The molecular weight excluding hydrogens is 341 g/mol. The molecule has 1 N–H and O–H groups in total. The lowest BCUT2D eigenvalue weighted by atomic mass is 10.2. The van der Waals surface area contributed by atoms with Gasteiger partial charge in [-0.3, -0.25) is 4.79 Å². The maximum Gasteiger partial charge on any atom is 0.257 e. The number of hydrogen-bond donors (Lipinski definition) is 1. The van der Waals surface area contributed by atoms with Crippen molar-refractivity contribution in [3.05, 3.63) is 50.9 Å². The molecule has 0 unspecified atom stereocenters. The summed E-state index contributed by atoms with van der Waals surface area (Å²) in [5.41, 5.74) is 0.807. The molecule has 4 nitrogen and oxygen atoms in total. The van der Waals surface area contributed by atoms with Crippen LogP contribution in [0.5, 0.6) is 0 Å². The quantitative estimate of drug-likeness (QED) is 0.841. The van der Waals surface area contributed by atoms with E-state index in [-0.39, 0.29) is 11.1 Å². The molecule has 2 aromatic heterocycles. The highest BCUT2D eigenvalue weighted by Crippen LogP contribution is 2.23. The molecular formula is C11H6BrCl2N3O. The van der Waals surface area contributed by atoms with Crippen molar-refractivity contribution >= 4 is 50.7 Å². The number of pyridine rings is 2. The molecule has 18 heavy (non-hydrogen) atoms. The minimum atomic E-state index is -0.332. The van der Waals surface area contributed by atoms with Crippen LogP contribution in [0.3, 0.4) is 0 Å². The summed E-state index contributed by atoms with van der Waals surface area (Å²) in [6.07, 6.45) is 2.93. The van der Waals surface area contributed by atoms with Gasteiger partial charge in [-0.15, -0.1) is 0 Å². The Kier molecular flexibility index (Phi) is 4.16. The van der Waals surface area contributed by atoms with Crippen molar-refractivity contribution in [3.63, 3.8) is 0 Å². The second kappa shape index (κ2) is 5.65. The lowest BCUT2D eigenvalue weighted by molar-refractivity contribution is 0.102. The zero-order chi connectivity index (χ0) is 13.1. The second-order valence-electron chi connectivity index (χ2n) is 3.32. The summed E-state index contributed by atoms with van der Waals surface area (Å²) in [6.45, 7) is 0. The van der Waals surface area contributed by atoms with E-state index < -0.39 is 0 Å². The summed E-state index contributed by atoms with van der Waals surface area (Å²) in [7, 11) is 0. The van der Waals surface area contributed by atoms with E-state index in [4.69, 9.17) is 23.2 Å². The Bertz CT molecular complexity index is 589. The Labute approximate surface area is 121 Å². The van der Waals surface area contributed by atoms with Gasteiger partial charge in [-0.2, -0.15) is 0 Å². The van der Waals surface area contributed by atoms with Gasteiger partial charge in [0.2, 0.25) is 0 Å². The number of anilines is 1. The standard InChI is InChI=1S/C11H6BrCl2N3O/c12-7-3-8(10(14)16-5-7)17-11(18)6-1-2-9(13)15-4-6/h1-5H,(H,17,18). The van der Waals surface area contributed by atoms with Crippen LogP contribution in [-0.2, 0) is 0 Å². The Morgan fingerprint density at radius 2 is 2.00 bits per heavy atom. The topological polar surface area (TPSA) is 54.9 Å². The van der Waals surface area contributed by atoms with Crippen molar-refractivity contribution in [2.75, 3.05) is 5.32 Å². The van der Waals surface area contributed by atoms with Gasteiger partial charge >= 0.3 is 0 Å². The molecule has 0 aromatic carbocycles. The molecule has 2 heterocycles. The van der Waals surface area contributed by atoms with Gasteiger partial charge in [0.15, 0.2) is 5.15 Å². The minimum absolute atomic E-state index is 0.216. The van der Waals surface area contributed by atoms with Crippen LogP contribution in [0.15, 0.2) is 35.1 Å². The molecule has 0 aliphatic rings. The zero-order valence-corrected chi connectivity index (χ0v) is 11.9. The molecule has 92 valence electrons. The summed E-state index contributed by atoms with van der Waals surface area (Å²) >= 11 is 14.8. The second-order valence-corrected chi connectivity index (χ2v) is 4.98. The smallest absolute Gasteiger partial charge is 0.257 e. The molecule has 0 saturated heterocycles. The van der Waals surface area contributed by atoms with Gasteiger partial charge in [-0.25, -0.2) is 9.97 Å². The van der Waals surface area contributed by atoms with Crippen LogP contribution in [0.25, 0.3) is 0 Å². The average molecular weight is 347 g/mol. The van der Waals surface area contributed by atoms with Crippen LogP contribution in [0, 0.1) is 0 Å². The van der Waals surface area contributed by atoms with Crippen LogP contribution >= 0.6 is 39.1 Å². The lowest BCUT2D eigenvalue weighted by Crippen LogP contribution is -2.12. The number of hydrogen-bond acceptors (Lipinski definition) is 3. The average Bonchev–Trinajstić information content (AvgIpc) is 2.34. The van der Waals surface area contributed by atoms with E-state index in [1.165, 1.54) is 12.3 Å². The van der Waals surface area contributed by atoms with Crippen LogP contribution in [0.2, 0.25) is 10.3 Å². The summed E-state index contributed by atoms with van der Waals surface area (Å²) in [6, 6.07) is 4.78. The largest absolute Gasteiger partial charge is 0.319 e. The first kappa shape index (κ1) is 13.3. The van der Waals surface area contributed by atoms with Crippen LogP contribution in [0.1, 0.15) is 10.4 Å². The molecule has 0 radical (unpaired) electrons. The van der Waals surface area contributed by atoms with Gasteiger partial charge in [-0.1, -0.05) is 23.2 Å². The van der Waals surface area contributed by atoms with E-state index in [9.17, 15) is 4.79 Å². The minimum Gasteiger partial charge on any atom is -0.319 e. The third-order valence-electron chi connectivity index (χ3n) is 2.04. The zero-order valence-electron chi connectivity index (χ0n) is 8.82. The molecule has 0 bridgehead atoms. The number of carbonyl (C=O) groups is 1. The van der Waals surface area contributed by atoms with E-state index in [0.29, 0.717) is 16.4 Å². The molecule has 0 saturated carbocycles. The van der Waals surface area contributed by atoms with Gasteiger partial charge in [0.05, 0.1) is 11.3 Å². The van der Waals surface area contributed by atoms with Crippen LogP contribution < -0.4 is 5.32 Å². The molecule has 2 rings (SSSR count). The first-order valence-corrected chi connectivity index (χ1v) is 6.35. The molecule has 1 amide bonds. The van der Waals surface area contributed by atoms with E-state index >= 15 is 0 Å². The monoisotopic (exact) mass is 345 g/mol. The fourth-order valence-electron chi connectivity index (χ4n) is 1.21. The maximum absolute atomic E-state index is 11.9. The fraction of sp³-hybridized carbons (Fsp3) is 0. The van der Waals surface area contributed by atoms with Gasteiger partial charge in [0.25, 0.3) is 5.91 Å². The van der Waals surface area contributed by atoms with Crippen molar-refractivity contribution in [1.82, 2.24) is 9.97 Å². The third kappa shape index (κ3) is 3.19. The molecule has 0 aliphatic carbocycles. The highest BCUT2D eigenvalue weighted by Gasteiger charge is 2.10. The highest BCUT2D eigenvalue weighted by molar-refractivity contribution is 9.10. The molecule has 0 fully saturated rings. The van der Waals surface area contributed by atoms with E-state index in [1.807, 2.05) is 0 Å². The van der Waals surface area contributed by atoms with Crippen LogP contribution in [0.4, 0.5) is 5.69 Å². The Morgan fingerprint density at radius 3 is 2.67 bits per heavy atom. The number of aromatic nitrogens is 2. The van der Waals surface area contributed by atoms with E-state index in [1.54, 1.807) is 18.3 Å². The third-order valence-corrected chi connectivity index (χ3v) is 3.00. The molecule has 0 atom stereocenters. The fourth-order valence-corrected chi connectivity index (χ4v) is 1.81. The Balaban J connectivity index is 2.21. The van der Waals surface area contributed by atoms with Gasteiger partial charge in [0.1, 0.15) is 5.15 Å². The van der Waals surface area contributed by atoms with Crippen molar-refractivity contribution in [3.8, 4) is 0 Å². The Morgan fingerprint density at radius 1 is 1.22 bits per heavy atom.